The summed E-state index contributed by atoms with van der Waals surface area (Å²) >= 11 is 0. The highest BCUT2D eigenvalue weighted by atomic mass is 15.4. The topological polar surface area (TPSA) is 39.0 Å². The van der Waals surface area contributed by atoms with Gasteiger partial charge in [0.05, 0.1) is 0 Å². The molecule has 0 aromatic carbocycles. The summed E-state index contributed by atoms with van der Waals surface area (Å²) in [6.07, 6.45) is 3.87. The third-order valence-corrected chi connectivity index (χ3v) is 5.25. The van der Waals surface area contributed by atoms with Crippen molar-refractivity contribution in [2.45, 2.75) is 31.3 Å². The van der Waals surface area contributed by atoms with Crippen LogP contribution in [0.25, 0.3) is 0 Å². The maximum atomic E-state index is 5.85. The lowest BCUT2D eigenvalue weighted by atomic mass is 10.0. The second-order valence-corrected chi connectivity index (χ2v) is 6.54. The lowest BCUT2D eigenvalue weighted by Gasteiger charge is -2.43. The molecule has 3 aliphatic heterocycles. The first-order valence-corrected chi connectivity index (χ1v) is 7.88. The fourth-order valence-electron chi connectivity index (χ4n) is 3.93. The average Bonchev–Trinajstić information content (AvgIpc) is 2.87. The number of hydrogen-bond donors (Lipinski definition) is 1. The van der Waals surface area contributed by atoms with Gasteiger partial charge in [-0.3, -0.25) is 15.6 Å². The molecular formula is C14H29N5. The largest absolute Gasteiger partial charge is 0.305 e. The van der Waals surface area contributed by atoms with Crippen LogP contribution >= 0.6 is 0 Å². The molecule has 3 rings (SSSR count). The van der Waals surface area contributed by atoms with Gasteiger partial charge >= 0.3 is 0 Å². The van der Waals surface area contributed by atoms with Crippen LogP contribution in [-0.4, -0.2) is 91.2 Å². The highest BCUT2D eigenvalue weighted by molar-refractivity contribution is 4.87. The number of hydrogen-bond acceptors (Lipinski definition) is 5. The van der Waals surface area contributed by atoms with Crippen molar-refractivity contribution in [2.24, 2.45) is 5.84 Å². The van der Waals surface area contributed by atoms with Gasteiger partial charge in [-0.2, -0.15) is 0 Å². The minimum Gasteiger partial charge on any atom is -0.305 e. The molecule has 5 heteroatoms. The lowest BCUT2D eigenvalue weighted by Crippen LogP contribution is -2.56. The number of piperazine rings is 1. The van der Waals surface area contributed by atoms with Crippen LogP contribution < -0.4 is 5.84 Å². The highest BCUT2D eigenvalue weighted by Gasteiger charge is 2.31. The van der Waals surface area contributed by atoms with Crippen molar-refractivity contribution >= 4 is 0 Å². The van der Waals surface area contributed by atoms with E-state index < -0.39 is 0 Å². The molecule has 3 aliphatic rings. The first-order valence-electron chi connectivity index (χ1n) is 7.88. The van der Waals surface area contributed by atoms with Crippen molar-refractivity contribution in [3.63, 3.8) is 0 Å². The lowest BCUT2D eigenvalue weighted by molar-refractivity contribution is 0.0443. The first-order chi connectivity index (χ1) is 9.22. The van der Waals surface area contributed by atoms with Gasteiger partial charge in [-0.15, -0.1) is 0 Å². The molecule has 3 fully saturated rings. The van der Waals surface area contributed by atoms with E-state index in [4.69, 9.17) is 5.84 Å². The van der Waals surface area contributed by atoms with Gasteiger partial charge in [-0.25, -0.2) is 5.01 Å². The van der Waals surface area contributed by atoms with Crippen molar-refractivity contribution in [3.05, 3.63) is 0 Å². The normalized spacial score (nSPS) is 34.1. The predicted octanol–water partition coefficient (Wildman–Crippen LogP) is -0.354. The number of nitrogens with zero attached hydrogens (tertiary/aromatic N) is 4. The molecule has 0 aromatic heterocycles. The van der Waals surface area contributed by atoms with Crippen LogP contribution in [0.1, 0.15) is 19.3 Å². The molecule has 0 aromatic rings. The monoisotopic (exact) mass is 267 g/mol. The van der Waals surface area contributed by atoms with Gasteiger partial charge in [-0.1, -0.05) is 0 Å². The summed E-state index contributed by atoms with van der Waals surface area (Å²) < 4.78 is 0. The van der Waals surface area contributed by atoms with E-state index in [1.165, 1.54) is 58.5 Å². The van der Waals surface area contributed by atoms with Gasteiger partial charge in [-0.05, 0) is 32.9 Å². The minimum absolute atomic E-state index is 0.785. The number of likely N-dealkylation sites (tertiary alicyclic amines) is 1. The minimum atomic E-state index is 0.785. The zero-order chi connectivity index (χ0) is 13.2. The fourth-order valence-corrected chi connectivity index (χ4v) is 3.93. The standard InChI is InChI=1S/C14H29N5/c1-16-5-2-14(12-16)18-10-8-17(9-11-18)13-3-6-19(15)7-4-13/h13-14H,2-12,15H2,1H3. The van der Waals surface area contributed by atoms with Crippen molar-refractivity contribution in [1.82, 2.24) is 19.7 Å². The van der Waals surface area contributed by atoms with Crippen molar-refractivity contribution in [3.8, 4) is 0 Å². The molecule has 1 atom stereocenters. The summed E-state index contributed by atoms with van der Waals surface area (Å²) in [7, 11) is 2.25. The molecule has 0 amide bonds. The summed E-state index contributed by atoms with van der Waals surface area (Å²) in [4.78, 5) is 7.90. The highest BCUT2D eigenvalue weighted by Crippen LogP contribution is 2.20. The zero-order valence-electron chi connectivity index (χ0n) is 12.3. The summed E-state index contributed by atoms with van der Waals surface area (Å²) in [6, 6.07) is 1.60. The van der Waals surface area contributed by atoms with Crippen molar-refractivity contribution < 1.29 is 0 Å². The number of nitrogens with two attached hydrogens (primary N) is 1. The molecule has 2 N–H and O–H groups in total. The predicted molar refractivity (Wildman–Crippen MR) is 77.8 cm³/mol. The summed E-state index contributed by atoms with van der Waals surface area (Å²) in [6.45, 7) is 9.73. The van der Waals surface area contributed by atoms with Crippen LogP contribution in [0, 0.1) is 0 Å². The van der Waals surface area contributed by atoms with Crippen LogP contribution in [0.4, 0.5) is 0 Å². The van der Waals surface area contributed by atoms with Crippen LogP contribution in [0.3, 0.4) is 0 Å². The van der Waals surface area contributed by atoms with E-state index in [0.29, 0.717) is 0 Å². The second-order valence-electron chi connectivity index (χ2n) is 6.54. The molecular weight excluding hydrogens is 238 g/mol. The van der Waals surface area contributed by atoms with E-state index in [0.717, 1.165) is 25.2 Å². The Morgan fingerprint density at radius 3 is 1.79 bits per heavy atom. The van der Waals surface area contributed by atoms with Crippen molar-refractivity contribution in [2.75, 3.05) is 59.4 Å². The van der Waals surface area contributed by atoms with E-state index in [1.54, 1.807) is 0 Å². The first kappa shape index (κ1) is 13.8. The SMILES string of the molecule is CN1CCC(N2CCN(C3CCN(N)CC3)CC2)C1. The molecule has 0 spiro atoms. The van der Waals surface area contributed by atoms with E-state index in [2.05, 4.69) is 21.7 Å². The smallest absolute Gasteiger partial charge is 0.0236 e. The second kappa shape index (κ2) is 6.06. The third kappa shape index (κ3) is 3.28. The van der Waals surface area contributed by atoms with Gasteiger partial charge in [0.2, 0.25) is 0 Å². The number of likely N-dealkylation sites (N-methyl/N-ethyl adjacent to an activating group) is 1. The Balaban J connectivity index is 1.44. The molecule has 0 saturated carbocycles. The Morgan fingerprint density at radius 2 is 1.26 bits per heavy atom. The summed E-state index contributed by atoms with van der Waals surface area (Å²) in [5.74, 6) is 5.85. The molecule has 19 heavy (non-hydrogen) atoms. The van der Waals surface area contributed by atoms with Crippen LogP contribution in [0.15, 0.2) is 0 Å². The average molecular weight is 267 g/mol. The van der Waals surface area contributed by atoms with Gasteiger partial charge in [0.25, 0.3) is 0 Å². The zero-order valence-corrected chi connectivity index (χ0v) is 12.3. The number of rotatable bonds is 2. The molecule has 3 heterocycles. The van der Waals surface area contributed by atoms with E-state index >= 15 is 0 Å². The van der Waals surface area contributed by atoms with Gasteiger partial charge in [0, 0.05) is 57.9 Å². The van der Waals surface area contributed by atoms with Gasteiger partial charge in [0.1, 0.15) is 0 Å². The molecule has 110 valence electrons. The Labute approximate surface area is 117 Å². The summed E-state index contributed by atoms with van der Waals surface area (Å²) in [5, 5.41) is 1.97. The Hall–Kier alpha value is -0.200. The Morgan fingerprint density at radius 1 is 0.737 bits per heavy atom. The van der Waals surface area contributed by atoms with Crippen LogP contribution in [0.2, 0.25) is 0 Å². The van der Waals surface area contributed by atoms with E-state index in [9.17, 15) is 0 Å². The molecule has 5 nitrogen and oxygen atoms in total. The summed E-state index contributed by atoms with van der Waals surface area (Å²) in [5.41, 5.74) is 0. The quantitative estimate of drug-likeness (QED) is 0.692. The van der Waals surface area contributed by atoms with Gasteiger partial charge in [0.15, 0.2) is 0 Å². The number of piperidine rings is 1. The van der Waals surface area contributed by atoms with Gasteiger partial charge < -0.3 is 4.90 Å². The van der Waals surface area contributed by atoms with Crippen LogP contribution in [0.5, 0.6) is 0 Å². The Kier molecular flexibility index (Phi) is 4.39. The van der Waals surface area contributed by atoms with Crippen molar-refractivity contribution in [1.29, 1.82) is 0 Å². The third-order valence-electron chi connectivity index (χ3n) is 5.25. The maximum absolute atomic E-state index is 5.85. The molecule has 0 bridgehead atoms. The number of hydrazine groups is 1. The van der Waals surface area contributed by atoms with Crippen LogP contribution in [-0.2, 0) is 0 Å². The molecule has 1 unspecified atom stereocenters. The fraction of sp³-hybridized carbons (Fsp3) is 1.00. The van der Waals surface area contributed by atoms with E-state index in [-0.39, 0.29) is 0 Å². The molecule has 0 aliphatic carbocycles. The Bertz CT molecular complexity index is 282. The molecule has 0 radical (unpaired) electrons. The molecule has 3 saturated heterocycles. The van der Waals surface area contributed by atoms with E-state index in [1.807, 2.05) is 5.01 Å². The maximum Gasteiger partial charge on any atom is 0.0236 e.